The number of halogens is 6. The zero-order valence-corrected chi connectivity index (χ0v) is 12.6. The van der Waals surface area contributed by atoms with Crippen LogP contribution in [0.25, 0.3) is 11.1 Å². The Balaban J connectivity index is 2.79. The number of alkyl halides is 6. The summed E-state index contributed by atoms with van der Waals surface area (Å²) in [5, 5.41) is 0. The largest absolute Gasteiger partial charge is 0.495 e. The molecule has 1 amide bonds. The second kappa shape index (κ2) is 6.30. The molecule has 0 radical (unpaired) electrons. The molecule has 0 atom stereocenters. The molecule has 25 heavy (non-hydrogen) atoms. The lowest BCUT2D eigenvalue weighted by molar-refractivity contribution is -0.143. The molecule has 2 rings (SSSR count). The molecule has 0 bridgehead atoms. The fraction of sp³-hybridized carbons (Fsp3) is 0.188. The molecule has 3 nitrogen and oxygen atoms in total. The summed E-state index contributed by atoms with van der Waals surface area (Å²) in [5.41, 5.74) is 1.54. The molecule has 0 unspecified atom stereocenters. The fourth-order valence-electron chi connectivity index (χ4n) is 2.29. The number of benzene rings is 2. The number of carbonyl (C=O) groups excluding carboxylic acids is 1. The molecule has 0 saturated heterocycles. The Morgan fingerprint density at radius 3 is 1.88 bits per heavy atom. The molecule has 0 fully saturated rings. The van der Waals surface area contributed by atoms with Gasteiger partial charge in [-0.15, -0.1) is 0 Å². The minimum Gasteiger partial charge on any atom is -0.495 e. The van der Waals surface area contributed by atoms with Crippen LogP contribution in [0.5, 0.6) is 5.75 Å². The third kappa shape index (κ3) is 3.86. The molecule has 0 aromatic heterocycles. The summed E-state index contributed by atoms with van der Waals surface area (Å²) in [7, 11) is 1.13. The van der Waals surface area contributed by atoms with Gasteiger partial charge in [-0.2, -0.15) is 26.3 Å². The molecule has 2 N–H and O–H groups in total. The van der Waals surface area contributed by atoms with E-state index < -0.39 is 35.0 Å². The van der Waals surface area contributed by atoms with Gasteiger partial charge in [0.25, 0.3) is 5.91 Å². The van der Waals surface area contributed by atoms with Crippen molar-refractivity contribution in [3.8, 4) is 16.9 Å². The summed E-state index contributed by atoms with van der Waals surface area (Å²) >= 11 is 0. The van der Waals surface area contributed by atoms with Crippen LogP contribution in [0.2, 0.25) is 0 Å². The summed E-state index contributed by atoms with van der Waals surface area (Å²) in [4.78, 5) is 11.4. The number of hydrogen-bond donors (Lipinski definition) is 1. The molecule has 0 aliphatic rings. The molecule has 0 spiro atoms. The van der Waals surface area contributed by atoms with Crippen LogP contribution in [0.4, 0.5) is 26.3 Å². The van der Waals surface area contributed by atoms with E-state index in [9.17, 15) is 31.1 Å². The van der Waals surface area contributed by atoms with Crippen molar-refractivity contribution in [3.63, 3.8) is 0 Å². The predicted octanol–water partition coefficient (Wildman–Crippen LogP) is 4.50. The van der Waals surface area contributed by atoms with Crippen LogP contribution in [-0.2, 0) is 12.4 Å². The van der Waals surface area contributed by atoms with E-state index in [0.29, 0.717) is 12.1 Å². The lowest BCUT2D eigenvalue weighted by atomic mass is 9.96. The highest BCUT2D eigenvalue weighted by atomic mass is 19.4. The Morgan fingerprint density at radius 2 is 1.48 bits per heavy atom. The number of amides is 1. The first-order chi connectivity index (χ1) is 11.4. The topological polar surface area (TPSA) is 52.3 Å². The Bertz CT molecular complexity index is 779. The number of methoxy groups -OCH3 is 1. The number of rotatable bonds is 3. The SMILES string of the molecule is COc1c(C(N)=O)cccc1-c1cc(C(F)(F)F)cc(C(F)(F)F)c1. The van der Waals surface area contributed by atoms with Gasteiger partial charge >= 0.3 is 12.4 Å². The van der Waals surface area contributed by atoms with Crippen molar-refractivity contribution in [2.24, 2.45) is 5.73 Å². The average Bonchev–Trinajstić information content (AvgIpc) is 2.51. The maximum absolute atomic E-state index is 13.0. The number of primary amides is 1. The second-order valence-corrected chi connectivity index (χ2v) is 5.05. The van der Waals surface area contributed by atoms with Gasteiger partial charge < -0.3 is 10.5 Å². The standard InChI is InChI=1S/C16H11F6NO2/c1-25-13-11(3-2-4-12(13)14(23)24)8-5-9(15(17,18)19)7-10(6-8)16(20,21)22/h2-7H,1H3,(H2,23,24). The molecular formula is C16H11F6NO2. The molecule has 2 aromatic carbocycles. The zero-order chi connectivity index (χ0) is 19.0. The summed E-state index contributed by atoms with van der Waals surface area (Å²) in [6, 6.07) is 4.90. The van der Waals surface area contributed by atoms with Gasteiger partial charge in [-0.05, 0) is 29.8 Å². The maximum Gasteiger partial charge on any atom is 0.416 e. The van der Waals surface area contributed by atoms with Crippen LogP contribution in [0.15, 0.2) is 36.4 Å². The van der Waals surface area contributed by atoms with Crippen LogP contribution in [0, 0.1) is 0 Å². The zero-order valence-electron chi connectivity index (χ0n) is 12.6. The van der Waals surface area contributed by atoms with Crippen molar-refractivity contribution in [2.45, 2.75) is 12.4 Å². The molecule has 134 valence electrons. The number of hydrogen-bond acceptors (Lipinski definition) is 2. The smallest absolute Gasteiger partial charge is 0.416 e. The average molecular weight is 363 g/mol. The van der Waals surface area contributed by atoms with E-state index in [1.165, 1.54) is 18.2 Å². The van der Waals surface area contributed by atoms with E-state index in [1.807, 2.05) is 0 Å². The van der Waals surface area contributed by atoms with Crippen LogP contribution in [0.1, 0.15) is 21.5 Å². The van der Waals surface area contributed by atoms with Crippen LogP contribution in [0.3, 0.4) is 0 Å². The van der Waals surface area contributed by atoms with Crippen LogP contribution in [-0.4, -0.2) is 13.0 Å². The van der Waals surface area contributed by atoms with Gasteiger partial charge in [0.05, 0.1) is 23.8 Å². The molecule has 0 aliphatic carbocycles. The lowest BCUT2D eigenvalue weighted by Gasteiger charge is -2.16. The molecule has 0 heterocycles. The van der Waals surface area contributed by atoms with Crippen molar-refractivity contribution in [1.82, 2.24) is 0 Å². The van der Waals surface area contributed by atoms with Crippen molar-refractivity contribution >= 4 is 5.91 Å². The predicted molar refractivity (Wildman–Crippen MR) is 77.0 cm³/mol. The van der Waals surface area contributed by atoms with Gasteiger partial charge in [-0.3, -0.25) is 4.79 Å². The highest BCUT2D eigenvalue weighted by Gasteiger charge is 2.37. The van der Waals surface area contributed by atoms with Crippen molar-refractivity contribution in [3.05, 3.63) is 53.1 Å². The van der Waals surface area contributed by atoms with Crippen LogP contribution < -0.4 is 10.5 Å². The van der Waals surface area contributed by atoms with Gasteiger partial charge in [0.2, 0.25) is 0 Å². The molecule has 9 heteroatoms. The van der Waals surface area contributed by atoms with E-state index in [2.05, 4.69) is 0 Å². The lowest BCUT2D eigenvalue weighted by Crippen LogP contribution is -2.13. The Kier molecular flexibility index (Phi) is 4.70. The summed E-state index contributed by atoms with van der Waals surface area (Å²) in [6.45, 7) is 0. The maximum atomic E-state index is 13.0. The minimum absolute atomic E-state index is 0.0217. The molecule has 0 aliphatic heterocycles. The van der Waals surface area contributed by atoms with Gasteiger partial charge in [-0.1, -0.05) is 12.1 Å². The van der Waals surface area contributed by atoms with Gasteiger partial charge in [0.1, 0.15) is 5.75 Å². The Labute approximate surface area is 138 Å². The monoisotopic (exact) mass is 363 g/mol. The quantitative estimate of drug-likeness (QED) is 0.817. The van der Waals surface area contributed by atoms with E-state index in [4.69, 9.17) is 10.5 Å². The molecule has 2 aromatic rings. The fourth-order valence-corrected chi connectivity index (χ4v) is 2.29. The Hall–Kier alpha value is -2.71. The first-order valence-electron chi connectivity index (χ1n) is 6.72. The van der Waals surface area contributed by atoms with E-state index in [-0.39, 0.29) is 22.9 Å². The third-order valence-electron chi connectivity index (χ3n) is 3.38. The van der Waals surface area contributed by atoms with E-state index in [1.54, 1.807) is 0 Å². The van der Waals surface area contributed by atoms with E-state index >= 15 is 0 Å². The normalized spacial score (nSPS) is 12.1. The first-order valence-corrected chi connectivity index (χ1v) is 6.72. The van der Waals surface area contributed by atoms with Crippen molar-refractivity contribution in [1.29, 1.82) is 0 Å². The van der Waals surface area contributed by atoms with Gasteiger partial charge in [0.15, 0.2) is 0 Å². The van der Waals surface area contributed by atoms with Crippen LogP contribution >= 0.6 is 0 Å². The highest BCUT2D eigenvalue weighted by molar-refractivity contribution is 5.98. The summed E-state index contributed by atoms with van der Waals surface area (Å²) in [5.74, 6) is -1.14. The number of ether oxygens (including phenoxy) is 1. The van der Waals surface area contributed by atoms with Crippen molar-refractivity contribution < 1.29 is 35.9 Å². The number of nitrogens with two attached hydrogens (primary N) is 1. The first kappa shape index (κ1) is 18.6. The molecular weight excluding hydrogens is 352 g/mol. The summed E-state index contributed by atoms with van der Waals surface area (Å²) < 4.78 is 82.8. The highest BCUT2D eigenvalue weighted by Crippen LogP contribution is 2.41. The number of para-hydroxylation sites is 1. The second-order valence-electron chi connectivity index (χ2n) is 5.05. The minimum atomic E-state index is -4.98. The Morgan fingerprint density at radius 1 is 0.960 bits per heavy atom. The van der Waals surface area contributed by atoms with Crippen molar-refractivity contribution in [2.75, 3.05) is 7.11 Å². The number of carbonyl (C=O) groups is 1. The summed E-state index contributed by atoms with van der Waals surface area (Å²) in [6.07, 6.45) is -9.96. The molecule has 0 saturated carbocycles. The van der Waals surface area contributed by atoms with Gasteiger partial charge in [0, 0.05) is 5.56 Å². The van der Waals surface area contributed by atoms with E-state index in [0.717, 1.165) is 7.11 Å². The third-order valence-corrected chi connectivity index (χ3v) is 3.38. The van der Waals surface area contributed by atoms with Gasteiger partial charge in [-0.25, -0.2) is 0 Å².